The summed E-state index contributed by atoms with van der Waals surface area (Å²) in [5.74, 6) is -0.962. The number of rotatable bonds is 6. The van der Waals surface area contributed by atoms with E-state index in [-0.39, 0.29) is 24.1 Å². The van der Waals surface area contributed by atoms with E-state index in [0.29, 0.717) is 11.8 Å². The van der Waals surface area contributed by atoms with E-state index >= 15 is 0 Å². The van der Waals surface area contributed by atoms with Gasteiger partial charge in [-0.3, -0.25) is 0 Å². The first-order chi connectivity index (χ1) is 11.6. The number of ether oxygens (including phenoxy) is 1. The molecule has 0 saturated carbocycles. The molecule has 0 amide bonds. The summed E-state index contributed by atoms with van der Waals surface area (Å²) in [6.07, 6.45) is 2.26. The van der Waals surface area contributed by atoms with Crippen LogP contribution in [0.4, 0.5) is 0 Å². The number of nitrogens with two attached hydrogens (primary N) is 1. The third-order valence-electron chi connectivity index (χ3n) is 3.75. The molecule has 0 spiro atoms. The zero-order valence-electron chi connectivity index (χ0n) is 13.1. The molecule has 1 heterocycles. The van der Waals surface area contributed by atoms with Crippen LogP contribution in [0.2, 0.25) is 0 Å². The fourth-order valence-electron chi connectivity index (χ4n) is 2.62. The lowest BCUT2D eigenvalue weighted by Crippen LogP contribution is -2.30. The lowest BCUT2D eigenvalue weighted by atomic mass is 10.1. The summed E-state index contributed by atoms with van der Waals surface area (Å²) in [6, 6.07) is 16.8. The molecule has 0 saturated heterocycles. The van der Waals surface area contributed by atoms with E-state index in [1.807, 2.05) is 42.5 Å². The monoisotopic (exact) mass is 322 g/mol. The summed E-state index contributed by atoms with van der Waals surface area (Å²) in [6.45, 7) is 0.195. The van der Waals surface area contributed by atoms with Gasteiger partial charge in [0.25, 0.3) is 0 Å². The Morgan fingerprint density at radius 2 is 1.83 bits per heavy atom. The molecule has 0 aliphatic heterocycles. The van der Waals surface area contributed by atoms with E-state index < -0.39 is 5.97 Å². The van der Waals surface area contributed by atoms with Gasteiger partial charge < -0.3 is 15.6 Å². The summed E-state index contributed by atoms with van der Waals surface area (Å²) in [5, 5.41) is 10.9. The number of carboxylic acid groups (broad SMARTS) is 1. The standard InChI is InChI=1S/C19H18N2O3/c20-15(10-13-6-2-1-3-7-13)12-24-18-17(19(22)23)16-9-5-4-8-14(16)11-21-18/h1-9,11,15H,10,12,20H2,(H,22,23). The van der Waals surface area contributed by atoms with Crippen LogP contribution < -0.4 is 10.5 Å². The van der Waals surface area contributed by atoms with E-state index in [4.69, 9.17) is 10.5 Å². The van der Waals surface area contributed by atoms with Crippen molar-refractivity contribution < 1.29 is 14.6 Å². The van der Waals surface area contributed by atoms with Crippen molar-refractivity contribution >= 4 is 16.7 Å². The largest absolute Gasteiger partial charge is 0.477 e. The van der Waals surface area contributed by atoms with Gasteiger partial charge in [-0.1, -0.05) is 54.6 Å². The van der Waals surface area contributed by atoms with E-state index in [9.17, 15) is 9.90 Å². The average Bonchev–Trinajstić information content (AvgIpc) is 2.60. The van der Waals surface area contributed by atoms with Crippen LogP contribution in [-0.2, 0) is 6.42 Å². The highest BCUT2D eigenvalue weighted by Gasteiger charge is 2.18. The van der Waals surface area contributed by atoms with E-state index in [0.717, 1.165) is 10.9 Å². The minimum Gasteiger partial charge on any atom is -0.477 e. The van der Waals surface area contributed by atoms with Crippen LogP contribution in [0.25, 0.3) is 10.8 Å². The van der Waals surface area contributed by atoms with Gasteiger partial charge in [-0.15, -0.1) is 0 Å². The second-order valence-corrected chi connectivity index (χ2v) is 5.59. The maximum atomic E-state index is 11.6. The number of aromatic nitrogens is 1. The number of carbonyl (C=O) groups is 1. The number of nitrogens with zero attached hydrogens (tertiary/aromatic N) is 1. The molecule has 1 unspecified atom stereocenters. The summed E-state index contributed by atoms with van der Waals surface area (Å²) in [7, 11) is 0. The van der Waals surface area contributed by atoms with Gasteiger partial charge in [0.15, 0.2) is 0 Å². The fourth-order valence-corrected chi connectivity index (χ4v) is 2.62. The highest BCUT2D eigenvalue weighted by molar-refractivity contribution is 6.05. The summed E-state index contributed by atoms with van der Waals surface area (Å²) in [5.41, 5.74) is 7.27. The first-order valence-electron chi connectivity index (χ1n) is 7.68. The van der Waals surface area contributed by atoms with E-state index in [1.54, 1.807) is 18.3 Å². The van der Waals surface area contributed by atoms with Gasteiger partial charge in [0.05, 0.1) is 0 Å². The molecule has 2 aromatic carbocycles. The highest BCUT2D eigenvalue weighted by Crippen LogP contribution is 2.25. The van der Waals surface area contributed by atoms with Gasteiger partial charge in [-0.05, 0) is 12.0 Å². The topological polar surface area (TPSA) is 85.4 Å². The Bertz CT molecular complexity index is 850. The Balaban J connectivity index is 1.77. The molecule has 1 aromatic heterocycles. The van der Waals surface area contributed by atoms with Gasteiger partial charge in [0.2, 0.25) is 5.88 Å². The Morgan fingerprint density at radius 3 is 2.58 bits per heavy atom. The molecular formula is C19H18N2O3. The van der Waals surface area contributed by atoms with Crippen LogP contribution in [0.15, 0.2) is 60.8 Å². The number of aromatic carboxylic acids is 1. The molecule has 0 fully saturated rings. The molecule has 3 aromatic rings. The number of hydrogen-bond acceptors (Lipinski definition) is 4. The smallest absolute Gasteiger partial charge is 0.341 e. The van der Waals surface area contributed by atoms with E-state index in [1.165, 1.54) is 0 Å². The van der Waals surface area contributed by atoms with Gasteiger partial charge in [-0.2, -0.15) is 0 Å². The molecule has 0 radical (unpaired) electrons. The lowest BCUT2D eigenvalue weighted by Gasteiger charge is -2.15. The zero-order chi connectivity index (χ0) is 16.9. The first-order valence-corrected chi connectivity index (χ1v) is 7.68. The maximum absolute atomic E-state index is 11.6. The second kappa shape index (κ2) is 7.10. The van der Waals surface area contributed by atoms with Gasteiger partial charge in [0.1, 0.15) is 12.2 Å². The SMILES string of the molecule is NC(COc1ncc2ccccc2c1C(=O)O)Cc1ccccc1. The molecule has 24 heavy (non-hydrogen) atoms. The molecule has 3 rings (SSSR count). The Kier molecular flexibility index (Phi) is 4.72. The number of fused-ring (bicyclic) bond motifs is 1. The van der Waals surface area contributed by atoms with Gasteiger partial charge in [-0.25, -0.2) is 9.78 Å². The van der Waals surface area contributed by atoms with Crippen molar-refractivity contribution in [2.75, 3.05) is 6.61 Å². The molecule has 5 heteroatoms. The van der Waals surface area contributed by atoms with Crippen LogP contribution in [0.1, 0.15) is 15.9 Å². The van der Waals surface area contributed by atoms with Crippen LogP contribution in [0.3, 0.4) is 0 Å². The van der Waals surface area contributed by atoms with Crippen molar-refractivity contribution in [2.45, 2.75) is 12.5 Å². The number of pyridine rings is 1. The summed E-state index contributed by atoms with van der Waals surface area (Å²) in [4.78, 5) is 15.8. The summed E-state index contributed by atoms with van der Waals surface area (Å²) < 4.78 is 5.62. The molecule has 0 aliphatic carbocycles. The highest BCUT2D eigenvalue weighted by atomic mass is 16.5. The van der Waals surface area contributed by atoms with Crippen molar-refractivity contribution in [3.05, 3.63) is 71.9 Å². The number of benzene rings is 2. The second-order valence-electron chi connectivity index (χ2n) is 5.59. The Morgan fingerprint density at radius 1 is 1.12 bits per heavy atom. The van der Waals surface area contributed by atoms with E-state index in [2.05, 4.69) is 4.98 Å². The van der Waals surface area contributed by atoms with Crippen molar-refractivity contribution in [1.82, 2.24) is 4.98 Å². The third-order valence-corrected chi connectivity index (χ3v) is 3.75. The van der Waals surface area contributed by atoms with Crippen molar-refractivity contribution in [2.24, 2.45) is 5.73 Å². The summed E-state index contributed by atoms with van der Waals surface area (Å²) >= 11 is 0. The number of hydrogen-bond donors (Lipinski definition) is 2. The van der Waals surface area contributed by atoms with Crippen LogP contribution in [-0.4, -0.2) is 28.7 Å². The van der Waals surface area contributed by atoms with Crippen molar-refractivity contribution in [1.29, 1.82) is 0 Å². The predicted octanol–water partition coefficient (Wildman–Crippen LogP) is 2.88. The van der Waals surface area contributed by atoms with Gasteiger partial charge >= 0.3 is 5.97 Å². The van der Waals surface area contributed by atoms with Crippen LogP contribution >= 0.6 is 0 Å². The molecule has 5 nitrogen and oxygen atoms in total. The Hall–Kier alpha value is -2.92. The van der Waals surface area contributed by atoms with Crippen LogP contribution in [0, 0.1) is 0 Å². The third kappa shape index (κ3) is 3.52. The minimum atomic E-state index is -1.06. The average molecular weight is 322 g/mol. The maximum Gasteiger partial charge on any atom is 0.341 e. The molecule has 0 bridgehead atoms. The molecular weight excluding hydrogens is 304 g/mol. The van der Waals surface area contributed by atoms with Crippen molar-refractivity contribution in [3.8, 4) is 5.88 Å². The zero-order valence-corrected chi connectivity index (χ0v) is 13.1. The number of carboxylic acids is 1. The molecule has 0 aliphatic rings. The fraction of sp³-hybridized carbons (Fsp3) is 0.158. The predicted molar refractivity (Wildman–Crippen MR) is 92.3 cm³/mol. The first kappa shape index (κ1) is 16.0. The van der Waals surface area contributed by atoms with Crippen molar-refractivity contribution in [3.63, 3.8) is 0 Å². The quantitative estimate of drug-likeness (QED) is 0.729. The molecule has 3 N–H and O–H groups in total. The molecule has 122 valence electrons. The lowest BCUT2D eigenvalue weighted by molar-refractivity contribution is 0.0693. The van der Waals surface area contributed by atoms with Crippen LogP contribution in [0.5, 0.6) is 5.88 Å². The van der Waals surface area contributed by atoms with Gasteiger partial charge in [0, 0.05) is 23.0 Å². The molecule has 1 atom stereocenters. The Labute approximate surface area is 139 Å². The minimum absolute atomic E-state index is 0.0695. The normalized spacial score (nSPS) is 12.0.